The first-order valence-electron chi connectivity index (χ1n) is 12.4. The number of nitrogens with one attached hydrogen (secondary N) is 2. The van der Waals surface area contributed by atoms with Crippen molar-refractivity contribution in [2.75, 3.05) is 27.2 Å². The first kappa shape index (κ1) is 23.9. The Hall–Kier alpha value is -4.50. The number of hydrogen-bond acceptors (Lipinski definition) is 5. The average Bonchev–Trinajstić information content (AvgIpc) is 3.59. The standard InChI is InChI=1S/C29H28FN7O/c1-17-32-16-27(37(17)4)18-5-6-25-22(13-18)29(35-34-25)26-15-23-24(33-26)7-8-31-28(23)19-11-20(30)14-21(12-19)38-10-9-36(2)3/h5-8,11-16,33H,9-10H2,1-4H3,(H,34,35). The van der Waals surface area contributed by atoms with Crippen molar-refractivity contribution in [1.29, 1.82) is 0 Å². The van der Waals surface area contributed by atoms with Gasteiger partial charge in [0.05, 0.1) is 28.8 Å². The van der Waals surface area contributed by atoms with Crippen LogP contribution >= 0.6 is 0 Å². The summed E-state index contributed by atoms with van der Waals surface area (Å²) in [4.78, 5) is 14.5. The summed E-state index contributed by atoms with van der Waals surface area (Å²) in [5.41, 5.74) is 6.89. The molecule has 2 N–H and O–H groups in total. The van der Waals surface area contributed by atoms with Gasteiger partial charge in [-0.25, -0.2) is 9.37 Å². The van der Waals surface area contributed by atoms with Crippen molar-refractivity contribution in [3.8, 4) is 39.7 Å². The van der Waals surface area contributed by atoms with Crippen LogP contribution in [-0.4, -0.2) is 61.9 Å². The van der Waals surface area contributed by atoms with Crippen LogP contribution < -0.4 is 4.74 Å². The number of aromatic amines is 2. The second-order valence-corrected chi connectivity index (χ2v) is 9.71. The Kier molecular flexibility index (Phi) is 5.92. The summed E-state index contributed by atoms with van der Waals surface area (Å²) in [7, 11) is 5.95. The molecule has 0 fully saturated rings. The number of hydrogen-bond donors (Lipinski definition) is 2. The quantitative estimate of drug-likeness (QED) is 0.294. The highest BCUT2D eigenvalue weighted by molar-refractivity contribution is 6.00. The molecule has 0 spiro atoms. The van der Waals surface area contributed by atoms with E-state index in [2.05, 4.69) is 41.8 Å². The molecule has 0 aliphatic heterocycles. The van der Waals surface area contributed by atoms with Crippen molar-refractivity contribution < 1.29 is 9.13 Å². The minimum absolute atomic E-state index is 0.367. The van der Waals surface area contributed by atoms with E-state index in [0.29, 0.717) is 23.6 Å². The molecule has 0 aliphatic rings. The summed E-state index contributed by atoms with van der Waals surface area (Å²) in [6.45, 7) is 3.19. The summed E-state index contributed by atoms with van der Waals surface area (Å²) >= 11 is 0. The van der Waals surface area contributed by atoms with E-state index in [-0.39, 0.29) is 5.82 Å². The molecule has 38 heavy (non-hydrogen) atoms. The zero-order chi connectivity index (χ0) is 26.4. The molecule has 6 rings (SSSR count). The van der Waals surface area contributed by atoms with Crippen molar-refractivity contribution in [3.05, 3.63) is 72.6 Å². The molecule has 6 aromatic rings. The van der Waals surface area contributed by atoms with Gasteiger partial charge in [-0.2, -0.15) is 5.10 Å². The zero-order valence-electron chi connectivity index (χ0n) is 21.7. The van der Waals surface area contributed by atoms with Gasteiger partial charge in [-0.3, -0.25) is 10.1 Å². The van der Waals surface area contributed by atoms with Crippen molar-refractivity contribution >= 4 is 21.8 Å². The monoisotopic (exact) mass is 509 g/mol. The maximum atomic E-state index is 14.6. The third-order valence-electron chi connectivity index (χ3n) is 6.83. The normalized spacial score (nSPS) is 11.7. The predicted octanol–water partition coefficient (Wildman–Crippen LogP) is 5.56. The third-order valence-corrected chi connectivity index (χ3v) is 6.83. The first-order chi connectivity index (χ1) is 18.4. The minimum atomic E-state index is -0.367. The van der Waals surface area contributed by atoms with Gasteiger partial charge < -0.3 is 19.2 Å². The molecular formula is C29H28FN7O. The van der Waals surface area contributed by atoms with Crippen LogP contribution in [0.15, 0.2) is 60.9 Å². The fourth-order valence-corrected chi connectivity index (χ4v) is 4.69. The largest absolute Gasteiger partial charge is 0.492 e. The smallest absolute Gasteiger partial charge is 0.127 e. The molecule has 0 saturated carbocycles. The van der Waals surface area contributed by atoms with Crippen LogP contribution in [0.5, 0.6) is 5.75 Å². The maximum Gasteiger partial charge on any atom is 0.127 e. The number of benzene rings is 2. The Morgan fingerprint density at radius 3 is 2.58 bits per heavy atom. The summed E-state index contributed by atoms with van der Waals surface area (Å²) in [6, 6.07) is 14.9. The fraction of sp³-hybridized carbons (Fsp3) is 0.207. The third kappa shape index (κ3) is 4.31. The number of ether oxygens (including phenoxy) is 1. The van der Waals surface area contributed by atoms with Crippen LogP contribution in [-0.2, 0) is 7.05 Å². The highest BCUT2D eigenvalue weighted by atomic mass is 19.1. The Bertz CT molecular complexity index is 1780. The van der Waals surface area contributed by atoms with E-state index in [1.54, 1.807) is 6.20 Å². The van der Waals surface area contributed by atoms with Crippen molar-refractivity contribution in [1.82, 2.24) is 34.6 Å². The van der Waals surface area contributed by atoms with Gasteiger partial charge in [-0.05, 0) is 57.4 Å². The van der Waals surface area contributed by atoms with Crippen LogP contribution in [0.2, 0.25) is 0 Å². The second kappa shape index (κ2) is 9.42. The molecule has 192 valence electrons. The van der Waals surface area contributed by atoms with E-state index in [9.17, 15) is 4.39 Å². The second-order valence-electron chi connectivity index (χ2n) is 9.71. The number of halogens is 1. The van der Waals surface area contributed by atoms with Gasteiger partial charge in [0, 0.05) is 53.3 Å². The number of likely N-dealkylation sites (N-methyl/N-ethyl adjacent to an activating group) is 1. The summed E-state index contributed by atoms with van der Waals surface area (Å²) < 4.78 is 22.4. The van der Waals surface area contributed by atoms with Gasteiger partial charge in [0.25, 0.3) is 0 Å². The molecule has 0 unspecified atom stereocenters. The number of imidazole rings is 1. The molecule has 0 amide bonds. The van der Waals surface area contributed by atoms with Crippen LogP contribution in [0.25, 0.3) is 55.7 Å². The van der Waals surface area contributed by atoms with E-state index < -0.39 is 0 Å². The van der Waals surface area contributed by atoms with E-state index >= 15 is 0 Å². The van der Waals surface area contributed by atoms with Gasteiger partial charge in [0.1, 0.15) is 29.7 Å². The molecular weight excluding hydrogens is 481 g/mol. The molecule has 0 bridgehead atoms. The Balaban J connectivity index is 1.41. The Morgan fingerprint density at radius 1 is 0.947 bits per heavy atom. The topological polar surface area (TPSA) is 87.7 Å². The van der Waals surface area contributed by atoms with E-state index in [1.165, 1.54) is 12.1 Å². The fourth-order valence-electron chi connectivity index (χ4n) is 4.69. The highest BCUT2D eigenvalue weighted by Crippen LogP contribution is 2.35. The minimum Gasteiger partial charge on any atom is -0.492 e. The number of H-pyrrole nitrogens is 2. The predicted molar refractivity (Wildman–Crippen MR) is 148 cm³/mol. The molecule has 2 aromatic carbocycles. The van der Waals surface area contributed by atoms with Gasteiger partial charge in [0.15, 0.2) is 0 Å². The number of rotatable bonds is 7. The lowest BCUT2D eigenvalue weighted by Gasteiger charge is -2.12. The van der Waals surface area contributed by atoms with Crippen LogP contribution in [0.1, 0.15) is 5.82 Å². The number of aryl methyl sites for hydroxylation is 1. The lowest BCUT2D eigenvalue weighted by atomic mass is 10.1. The van der Waals surface area contributed by atoms with E-state index in [4.69, 9.17) is 4.74 Å². The van der Waals surface area contributed by atoms with Gasteiger partial charge in [0.2, 0.25) is 0 Å². The van der Waals surface area contributed by atoms with Gasteiger partial charge in [-0.15, -0.1) is 0 Å². The molecule has 9 heteroatoms. The number of aromatic nitrogens is 6. The van der Waals surface area contributed by atoms with Crippen LogP contribution in [0, 0.1) is 12.7 Å². The molecule has 0 saturated heterocycles. The van der Waals surface area contributed by atoms with E-state index in [0.717, 1.165) is 56.8 Å². The molecule has 8 nitrogen and oxygen atoms in total. The Morgan fingerprint density at radius 2 is 1.79 bits per heavy atom. The number of pyridine rings is 1. The zero-order valence-corrected chi connectivity index (χ0v) is 21.7. The molecule has 4 heterocycles. The SMILES string of the molecule is Cc1ncc(-c2ccc3[nH]nc(-c4cc5c(-c6cc(F)cc(OCCN(C)C)c6)nccc5[nH]4)c3c2)n1C. The maximum absolute atomic E-state index is 14.6. The van der Waals surface area contributed by atoms with Crippen molar-refractivity contribution in [2.24, 2.45) is 7.05 Å². The Labute approximate surface area is 219 Å². The lowest BCUT2D eigenvalue weighted by Crippen LogP contribution is -2.19. The van der Waals surface area contributed by atoms with E-state index in [1.807, 2.05) is 63.4 Å². The summed E-state index contributed by atoms with van der Waals surface area (Å²) in [6.07, 6.45) is 3.61. The lowest BCUT2D eigenvalue weighted by molar-refractivity contribution is 0.260. The van der Waals surface area contributed by atoms with Crippen LogP contribution in [0.3, 0.4) is 0 Å². The van der Waals surface area contributed by atoms with Crippen molar-refractivity contribution in [2.45, 2.75) is 6.92 Å². The summed E-state index contributed by atoms with van der Waals surface area (Å²) in [5.74, 6) is 1.06. The number of fused-ring (bicyclic) bond motifs is 2. The van der Waals surface area contributed by atoms with Gasteiger partial charge in [-0.1, -0.05) is 6.07 Å². The van der Waals surface area contributed by atoms with Gasteiger partial charge >= 0.3 is 0 Å². The molecule has 0 atom stereocenters. The van der Waals surface area contributed by atoms with Crippen LogP contribution in [0.4, 0.5) is 4.39 Å². The highest BCUT2D eigenvalue weighted by Gasteiger charge is 2.16. The van der Waals surface area contributed by atoms with Crippen molar-refractivity contribution in [3.63, 3.8) is 0 Å². The first-order valence-corrected chi connectivity index (χ1v) is 12.4. The summed E-state index contributed by atoms with van der Waals surface area (Å²) in [5, 5.41) is 9.63. The average molecular weight is 510 g/mol. The molecule has 0 radical (unpaired) electrons. The molecule has 4 aromatic heterocycles. The molecule has 0 aliphatic carbocycles. The number of nitrogens with zero attached hydrogens (tertiary/aromatic N) is 5.